The average Bonchev–Trinajstić information content (AvgIpc) is 2.61. The zero-order valence-corrected chi connectivity index (χ0v) is 14.2. The molecule has 112 valence electrons. The van der Waals surface area contributed by atoms with E-state index >= 15 is 0 Å². The zero-order valence-electron chi connectivity index (χ0n) is 14.2. The summed E-state index contributed by atoms with van der Waals surface area (Å²) in [4.78, 5) is 2.17. The van der Waals surface area contributed by atoms with Gasteiger partial charge < -0.3 is 4.90 Å². The fourth-order valence-corrected chi connectivity index (χ4v) is 1.45. The minimum Gasteiger partial charge on any atom is -0.345 e. The molecule has 0 aliphatic carbocycles. The number of para-hydroxylation sites is 2. The van der Waals surface area contributed by atoms with E-state index in [0.29, 0.717) is 0 Å². The third-order valence-corrected chi connectivity index (χ3v) is 2.29. The van der Waals surface area contributed by atoms with Gasteiger partial charge in [0.05, 0.1) is 0 Å². The molecule has 2 aromatic carbocycles. The van der Waals surface area contributed by atoms with Crippen LogP contribution in [0.2, 0.25) is 0 Å². The molecule has 2 rings (SSSR count). The van der Waals surface area contributed by atoms with Crippen molar-refractivity contribution in [3.05, 3.63) is 60.7 Å². The van der Waals surface area contributed by atoms with Crippen molar-refractivity contribution in [2.24, 2.45) is 0 Å². The van der Waals surface area contributed by atoms with E-state index in [1.165, 1.54) is 11.4 Å². The molecule has 0 aromatic heterocycles. The van der Waals surface area contributed by atoms with E-state index in [1.807, 2.05) is 53.7 Å². The first-order valence-corrected chi connectivity index (χ1v) is 7.72. The van der Waals surface area contributed by atoms with Gasteiger partial charge in [-0.15, -0.1) is 0 Å². The number of rotatable bonds is 2. The smallest absolute Gasteiger partial charge is 0.0408 e. The summed E-state index contributed by atoms with van der Waals surface area (Å²) in [5.74, 6) is 0. The van der Waals surface area contributed by atoms with Crippen LogP contribution < -0.4 is 4.90 Å². The molecule has 0 radical (unpaired) electrons. The summed E-state index contributed by atoms with van der Waals surface area (Å²) in [6.07, 6.45) is 0. The Labute approximate surface area is 126 Å². The lowest BCUT2D eigenvalue weighted by molar-refractivity contribution is 1.21. The molecule has 0 aliphatic heterocycles. The zero-order chi connectivity index (χ0) is 15.8. The van der Waals surface area contributed by atoms with Crippen molar-refractivity contribution in [2.45, 2.75) is 41.5 Å². The molecule has 0 unspecified atom stereocenters. The molecule has 20 heavy (non-hydrogen) atoms. The van der Waals surface area contributed by atoms with Crippen molar-refractivity contribution in [1.82, 2.24) is 0 Å². The van der Waals surface area contributed by atoms with E-state index in [9.17, 15) is 0 Å². The van der Waals surface area contributed by atoms with E-state index < -0.39 is 0 Å². The SMILES string of the molecule is CC.CC.CC.CN(c1ccccc1)c1ccccc1. The highest BCUT2D eigenvalue weighted by Gasteiger charge is 2.00. The van der Waals surface area contributed by atoms with Crippen LogP contribution in [0, 0.1) is 0 Å². The predicted molar refractivity (Wildman–Crippen MR) is 95.0 cm³/mol. The van der Waals surface area contributed by atoms with Crippen LogP contribution in [0.25, 0.3) is 0 Å². The van der Waals surface area contributed by atoms with Crippen molar-refractivity contribution in [3.8, 4) is 0 Å². The Bertz CT molecular complexity index is 342. The van der Waals surface area contributed by atoms with Gasteiger partial charge in [0.2, 0.25) is 0 Å². The van der Waals surface area contributed by atoms with Crippen molar-refractivity contribution >= 4 is 11.4 Å². The molecular weight excluding hydrogens is 242 g/mol. The topological polar surface area (TPSA) is 3.24 Å². The number of hydrogen-bond donors (Lipinski definition) is 0. The maximum absolute atomic E-state index is 2.17. The molecule has 0 atom stereocenters. The molecule has 1 nitrogen and oxygen atoms in total. The third kappa shape index (κ3) is 7.63. The summed E-state index contributed by atoms with van der Waals surface area (Å²) in [6, 6.07) is 20.7. The molecule has 2 aromatic rings. The van der Waals surface area contributed by atoms with Gasteiger partial charge in [0.25, 0.3) is 0 Å². The average molecular weight is 273 g/mol. The van der Waals surface area contributed by atoms with Gasteiger partial charge in [-0.05, 0) is 24.3 Å². The van der Waals surface area contributed by atoms with Gasteiger partial charge in [-0.3, -0.25) is 0 Å². The second kappa shape index (κ2) is 15.3. The first-order chi connectivity index (χ1) is 9.88. The van der Waals surface area contributed by atoms with Crippen molar-refractivity contribution in [2.75, 3.05) is 11.9 Å². The maximum Gasteiger partial charge on any atom is 0.0408 e. The molecule has 0 aliphatic rings. The van der Waals surface area contributed by atoms with Crippen LogP contribution in [0.15, 0.2) is 60.7 Å². The fraction of sp³-hybridized carbons (Fsp3) is 0.368. The van der Waals surface area contributed by atoms with Gasteiger partial charge in [-0.2, -0.15) is 0 Å². The van der Waals surface area contributed by atoms with Crippen LogP contribution in [0.4, 0.5) is 11.4 Å². The Morgan fingerprint density at radius 3 is 1.00 bits per heavy atom. The van der Waals surface area contributed by atoms with Crippen LogP contribution in [0.3, 0.4) is 0 Å². The fourth-order valence-electron chi connectivity index (χ4n) is 1.45. The summed E-state index contributed by atoms with van der Waals surface area (Å²) in [7, 11) is 2.07. The van der Waals surface area contributed by atoms with Crippen LogP contribution in [-0.4, -0.2) is 7.05 Å². The lowest BCUT2D eigenvalue weighted by Crippen LogP contribution is -2.08. The molecule has 1 heteroatoms. The minimum absolute atomic E-state index is 1.21. The van der Waals surface area contributed by atoms with Crippen LogP contribution in [0.5, 0.6) is 0 Å². The molecular formula is C19H31N. The van der Waals surface area contributed by atoms with Crippen molar-refractivity contribution < 1.29 is 0 Å². The normalized spacial score (nSPS) is 7.75. The van der Waals surface area contributed by atoms with Gasteiger partial charge in [0.15, 0.2) is 0 Å². The number of hydrogen-bond acceptors (Lipinski definition) is 1. The van der Waals surface area contributed by atoms with Gasteiger partial charge in [0.1, 0.15) is 0 Å². The van der Waals surface area contributed by atoms with Crippen LogP contribution in [0.1, 0.15) is 41.5 Å². The summed E-state index contributed by atoms with van der Waals surface area (Å²) in [5, 5.41) is 0. The first-order valence-electron chi connectivity index (χ1n) is 7.72. The molecule has 0 saturated heterocycles. The van der Waals surface area contributed by atoms with Crippen molar-refractivity contribution in [3.63, 3.8) is 0 Å². The Morgan fingerprint density at radius 1 is 0.500 bits per heavy atom. The molecule has 0 bridgehead atoms. The molecule has 0 heterocycles. The summed E-state index contributed by atoms with van der Waals surface area (Å²) >= 11 is 0. The maximum atomic E-state index is 2.17. The highest BCUT2D eigenvalue weighted by molar-refractivity contribution is 5.61. The standard InChI is InChI=1S/C13H13N.3C2H6/c1-14(12-8-4-2-5-9-12)13-10-6-3-7-11-13;3*1-2/h2-11H,1H3;3*1-2H3. The van der Waals surface area contributed by atoms with E-state index in [0.717, 1.165) is 0 Å². The molecule has 0 saturated carbocycles. The van der Waals surface area contributed by atoms with E-state index in [2.05, 4.69) is 60.5 Å². The summed E-state index contributed by atoms with van der Waals surface area (Å²) < 4.78 is 0. The number of anilines is 2. The van der Waals surface area contributed by atoms with Crippen LogP contribution >= 0.6 is 0 Å². The Morgan fingerprint density at radius 2 is 0.750 bits per heavy atom. The number of nitrogens with zero attached hydrogens (tertiary/aromatic N) is 1. The molecule has 0 fully saturated rings. The second-order valence-corrected chi connectivity index (χ2v) is 3.23. The largest absolute Gasteiger partial charge is 0.345 e. The van der Waals surface area contributed by atoms with E-state index in [1.54, 1.807) is 0 Å². The Balaban J connectivity index is 0. The van der Waals surface area contributed by atoms with Gasteiger partial charge in [-0.1, -0.05) is 77.9 Å². The lowest BCUT2D eigenvalue weighted by Gasteiger charge is -2.18. The highest BCUT2D eigenvalue weighted by atomic mass is 15.1. The third-order valence-electron chi connectivity index (χ3n) is 2.29. The minimum atomic E-state index is 1.21. The molecule has 0 amide bonds. The van der Waals surface area contributed by atoms with Crippen molar-refractivity contribution in [1.29, 1.82) is 0 Å². The van der Waals surface area contributed by atoms with Crippen LogP contribution in [-0.2, 0) is 0 Å². The Kier molecular flexibility index (Phi) is 15.7. The Hall–Kier alpha value is -1.76. The second-order valence-electron chi connectivity index (χ2n) is 3.23. The van der Waals surface area contributed by atoms with Gasteiger partial charge in [0, 0.05) is 18.4 Å². The van der Waals surface area contributed by atoms with Gasteiger partial charge in [-0.25, -0.2) is 0 Å². The lowest BCUT2D eigenvalue weighted by atomic mass is 10.2. The first kappa shape index (κ1) is 20.6. The molecule has 0 spiro atoms. The highest BCUT2D eigenvalue weighted by Crippen LogP contribution is 2.21. The van der Waals surface area contributed by atoms with Gasteiger partial charge >= 0.3 is 0 Å². The predicted octanol–water partition coefficient (Wildman–Crippen LogP) is 6.53. The quantitative estimate of drug-likeness (QED) is 0.601. The molecule has 0 N–H and O–H groups in total. The van der Waals surface area contributed by atoms with E-state index in [4.69, 9.17) is 0 Å². The number of benzene rings is 2. The monoisotopic (exact) mass is 273 g/mol. The van der Waals surface area contributed by atoms with E-state index in [-0.39, 0.29) is 0 Å². The summed E-state index contributed by atoms with van der Waals surface area (Å²) in [5.41, 5.74) is 2.41. The summed E-state index contributed by atoms with van der Waals surface area (Å²) in [6.45, 7) is 12.0.